The summed E-state index contributed by atoms with van der Waals surface area (Å²) in [5, 5.41) is 3.37. The van der Waals surface area contributed by atoms with Crippen molar-refractivity contribution in [2.45, 2.75) is 37.8 Å². The van der Waals surface area contributed by atoms with Crippen LogP contribution < -0.4 is 5.32 Å². The molecule has 0 atom stereocenters. The number of nitrogens with one attached hydrogen (secondary N) is 1. The lowest BCUT2D eigenvalue weighted by atomic mass is 10.1. The molecule has 4 heteroatoms. The molecular weight excluding hydrogens is 250 g/mol. The topological polar surface area (TPSA) is 37.3 Å². The molecule has 3 rings (SSSR count). The first kappa shape index (κ1) is 13.4. The lowest BCUT2D eigenvalue weighted by molar-refractivity contribution is 0.0748. The summed E-state index contributed by atoms with van der Waals surface area (Å²) in [6.45, 7) is 6.51. The van der Waals surface area contributed by atoms with E-state index in [0.29, 0.717) is 18.6 Å². The average Bonchev–Trinajstić information content (AvgIpc) is 3.20. The third-order valence-electron chi connectivity index (χ3n) is 4.27. The number of piperidine rings is 1. The van der Waals surface area contributed by atoms with Gasteiger partial charge >= 0.3 is 0 Å². The summed E-state index contributed by atoms with van der Waals surface area (Å²) >= 11 is 0. The predicted octanol–water partition coefficient (Wildman–Crippen LogP) is 2.20. The zero-order valence-electron chi connectivity index (χ0n) is 11.9. The predicted molar refractivity (Wildman–Crippen MR) is 79.8 cm³/mol. The Morgan fingerprint density at radius 2 is 2.15 bits per heavy atom. The van der Waals surface area contributed by atoms with E-state index in [0.717, 1.165) is 44.5 Å². The Bertz CT molecular complexity index is 484. The molecule has 1 aliphatic heterocycles. The third kappa shape index (κ3) is 2.66. The summed E-state index contributed by atoms with van der Waals surface area (Å²) < 4.78 is 2.18. The highest BCUT2D eigenvalue weighted by Crippen LogP contribution is 2.29. The number of hydrogen-bond donors (Lipinski definition) is 1. The van der Waals surface area contributed by atoms with Crippen LogP contribution in [-0.4, -0.2) is 41.1 Å². The number of carbonyl (C=O) groups is 1. The monoisotopic (exact) mass is 273 g/mol. The highest BCUT2D eigenvalue weighted by atomic mass is 16.2. The van der Waals surface area contributed by atoms with Gasteiger partial charge in [0.2, 0.25) is 0 Å². The molecule has 4 nitrogen and oxygen atoms in total. The second-order valence-electron chi connectivity index (χ2n) is 5.76. The molecule has 0 spiro atoms. The van der Waals surface area contributed by atoms with Crippen LogP contribution in [0.4, 0.5) is 0 Å². The molecule has 1 saturated carbocycles. The SMILES string of the molecule is C=CCN(C(=O)c1cccn1C1CCNCC1)C1CC1. The van der Waals surface area contributed by atoms with Crippen molar-refractivity contribution in [2.24, 2.45) is 0 Å². The van der Waals surface area contributed by atoms with Crippen LogP contribution in [-0.2, 0) is 0 Å². The van der Waals surface area contributed by atoms with Crippen molar-refractivity contribution >= 4 is 5.91 Å². The highest BCUT2D eigenvalue weighted by molar-refractivity contribution is 5.93. The Labute approximate surface area is 120 Å². The van der Waals surface area contributed by atoms with Gasteiger partial charge in [0.25, 0.3) is 5.91 Å². The molecule has 2 fully saturated rings. The smallest absolute Gasteiger partial charge is 0.271 e. The number of nitrogens with zero attached hydrogens (tertiary/aromatic N) is 2. The van der Waals surface area contributed by atoms with Gasteiger partial charge in [0.1, 0.15) is 5.69 Å². The van der Waals surface area contributed by atoms with E-state index in [-0.39, 0.29) is 5.91 Å². The molecule has 0 bridgehead atoms. The first-order chi connectivity index (χ1) is 9.81. The number of rotatable bonds is 5. The van der Waals surface area contributed by atoms with E-state index >= 15 is 0 Å². The first-order valence-corrected chi connectivity index (χ1v) is 7.60. The van der Waals surface area contributed by atoms with Crippen molar-refractivity contribution in [2.75, 3.05) is 19.6 Å². The van der Waals surface area contributed by atoms with Crippen molar-refractivity contribution in [1.29, 1.82) is 0 Å². The first-order valence-electron chi connectivity index (χ1n) is 7.60. The van der Waals surface area contributed by atoms with Gasteiger partial charge in [0.05, 0.1) is 0 Å². The summed E-state index contributed by atoms with van der Waals surface area (Å²) in [5.74, 6) is 0.163. The quantitative estimate of drug-likeness (QED) is 0.835. The Morgan fingerprint density at radius 1 is 1.40 bits per heavy atom. The highest BCUT2D eigenvalue weighted by Gasteiger charge is 2.33. The van der Waals surface area contributed by atoms with Gasteiger partial charge in [-0.1, -0.05) is 6.08 Å². The van der Waals surface area contributed by atoms with Gasteiger partial charge in [-0.3, -0.25) is 4.79 Å². The molecule has 20 heavy (non-hydrogen) atoms. The molecule has 2 heterocycles. The molecule has 108 valence electrons. The second-order valence-corrected chi connectivity index (χ2v) is 5.76. The van der Waals surface area contributed by atoms with Crippen LogP contribution in [0.1, 0.15) is 42.2 Å². The van der Waals surface area contributed by atoms with E-state index < -0.39 is 0 Å². The summed E-state index contributed by atoms with van der Waals surface area (Å²) in [6, 6.07) is 4.84. The molecule has 1 saturated heterocycles. The van der Waals surface area contributed by atoms with Crippen molar-refractivity contribution in [3.05, 3.63) is 36.7 Å². The van der Waals surface area contributed by atoms with E-state index in [2.05, 4.69) is 22.7 Å². The van der Waals surface area contributed by atoms with Gasteiger partial charge in [-0.15, -0.1) is 6.58 Å². The molecule has 1 aromatic rings. The molecule has 0 radical (unpaired) electrons. The standard InChI is InChI=1S/C16H23N3O/c1-2-11-19(13-5-6-13)16(20)15-4-3-12-18(15)14-7-9-17-10-8-14/h2-4,12-14,17H,1,5-11H2. The molecular formula is C16H23N3O. The minimum atomic E-state index is 0.163. The Morgan fingerprint density at radius 3 is 2.80 bits per heavy atom. The van der Waals surface area contributed by atoms with Gasteiger partial charge in [0, 0.05) is 24.8 Å². The molecule has 1 aliphatic carbocycles. The zero-order valence-corrected chi connectivity index (χ0v) is 11.9. The van der Waals surface area contributed by atoms with E-state index in [1.54, 1.807) is 0 Å². The molecule has 0 unspecified atom stereocenters. The van der Waals surface area contributed by atoms with Crippen LogP contribution in [0.2, 0.25) is 0 Å². The van der Waals surface area contributed by atoms with Crippen molar-refractivity contribution in [1.82, 2.24) is 14.8 Å². The maximum atomic E-state index is 12.8. The minimum Gasteiger partial charge on any atom is -0.340 e. The zero-order chi connectivity index (χ0) is 13.9. The fourth-order valence-corrected chi connectivity index (χ4v) is 3.05. The number of amides is 1. The van der Waals surface area contributed by atoms with E-state index in [4.69, 9.17) is 0 Å². The molecule has 1 aromatic heterocycles. The van der Waals surface area contributed by atoms with Crippen molar-refractivity contribution in [3.63, 3.8) is 0 Å². The second kappa shape index (κ2) is 5.83. The lowest BCUT2D eigenvalue weighted by Gasteiger charge is -2.28. The summed E-state index contributed by atoms with van der Waals surface area (Å²) in [7, 11) is 0. The van der Waals surface area contributed by atoms with Crippen molar-refractivity contribution in [3.8, 4) is 0 Å². The Kier molecular flexibility index (Phi) is 3.92. The van der Waals surface area contributed by atoms with E-state index in [1.165, 1.54) is 0 Å². The molecule has 1 N–H and O–H groups in total. The van der Waals surface area contributed by atoms with Gasteiger partial charge in [-0.25, -0.2) is 0 Å². The van der Waals surface area contributed by atoms with E-state index in [9.17, 15) is 4.79 Å². The van der Waals surface area contributed by atoms with Crippen LogP contribution in [0.3, 0.4) is 0 Å². The van der Waals surface area contributed by atoms with Crippen LogP contribution in [0.25, 0.3) is 0 Å². The molecule has 0 aromatic carbocycles. The van der Waals surface area contributed by atoms with Crippen LogP contribution in [0, 0.1) is 0 Å². The third-order valence-corrected chi connectivity index (χ3v) is 4.27. The Balaban J connectivity index is 1.80. The molecule has 2 aliphatic rings. The number of aromatic nitrogens is 1. The maximum Gasteiger partial charge on any atom is 0.271 e. The van der Waals surface area contributed by atoms with Crippen LogP contribution in [0.5, 0.6) is 0 Å². The van der Waals surface area contributed by atoms with Gasteiger partial charge < -0.3 is 14.8 Å². The number of hydrogen-bond acceptors (Lipinski definition) is 2. The minimum absolute atomic E-state index is 0.163. The number of carbonyl (C=O) groups excluding carboxylic acids is 1. The van der Waals surface area contributed by atoms with Gasteiger partial charge in [0.15, 0.2) is 0 Å². The normalized spacial score (nSPS) is 19.8. The van der Waals surface area contributed by atoms with Gasteiger partial charge in [-0.2, -0.15) is 0 Å². The van der Waals surface area contributed by atoms with Crippen LogP contribution in [0.15, 0.2) is 31.0 Å². The van der Waals surface area contributed by atoms with Gasteiger partial charge in [-0.05, 0) is 50.9 Å². The summed E-state index contributed by atoms with van der Waals surface area (Å²) in [5.41, 5.74) is 0.839. The maximum absolute atomic E-state index is 12.8. The Hall–Kier alpha value is -1.55. The summed E-state index contributed by atoms with van der Waals surface area (Å²) in [6.07, 6.45) is 8.34. The fourth-order valence-electron chi connectivity index (χ4n) is 3.05. The van der Waals surface area contributed by atoms with Crippen LogP contribution >= 0.6 is 0 Å². The van der Waals surface area contributed by atoms with E-state index in [1.807, 2.05) is 23.1 Å². The largest absolute Gasteiger partial charge is 0.340 e. The lowest BCUT2D eigenvalue weighted by Crippen LogP contribution is -2.36. The summed E-state index contributed by atoms with van der Waals surface area (Å²) in [4.78, 5) is 14.8. The molecule has 1 amide bonds. The average molecular weight is 273 g/mol. The fraction of sp³-hybridized carbons (Fsp3) is 0.562. The van der Waals surface area contributed by atoms with Crippen molar-refractivity contribution < 1.29 is 4.79 Å².